The molecular weight excluding hydrogens is 376 g/mol. The molecule has 0 fully saturated rings. The molecule has 1 heteroatoms. The number of rotatable bonds is 24. The smallest absolute Gasteiger partial charge is 0.149 e. The maximum Gasteiger partial charge on any atom is 0.149 e. The molecule has 0 atom stereocenters. The molecule has 182 valence electrons. The van der Waals surface area contributed by atoms with Crippen LogP contribution in [0.2, 0.25) is 0 Å². The van der Waals surface area contributed by atoms with Gasteiger partial charge in [-0.2, -0.15) is 0 Å². The van der Waals surface area contributed by atoms with Crippen LogP contribution in [0.25, 0.3) is 0 Å². The minimum Gasteiger partial charge on any atom is -0.298 e. The molecule has 1 nitrogen and oxygen atoms in total. The maximum atomic E-state index is 11.4. The molecule has 0 aromatic carbocycles. The Morgan fingerprint density at radius 3 is 1.16 bits per heavy atom. The van der Waals surface area contributed by atoms with Crippen LogP contribution < -0.4 is 0 Å². The van der Waals surface area contributed by atoms with Crippen molar-refractivity contribution in [3.05, 3.63) is 23.3 Å². The molecule has 0 aliphatic carbocycles. The summed E-state index contributed by atoms with van der Waals surface area (Å²) < 4.78 is 0. The third kappa shape index (κ3) is 22.1. The summed E-state index contributed by atoms with van der Waals surface area (Å²) in [5.41, 5.74) is 2.10. The van der Waals surface area contributed by atoms with Crippen LogP contribution in [0.3, 0.4) is 0 Å². The van der Waals surface area contributed by atoms with Gasteiger partial charge < -0.3 is 0 Å². The molecule has 0 saturated heterocycles. The molecule has 31 heavy (non-hydrogen) atoms. The molecule has 0 N–H and O–H groups in total. The molecule has 0 saturated carbocycles. The van der Waals surface area contributed by atoms with E-state index in [4.69, 9.17) is 0 Å². The normalized spacial score (nSPS) is 12.5. The van der Waals surface area contributed by atoms with E-state index in [0.29, 0.717) is 0 Å². The number of hydrogen-bond acceptors (Lipinski definition) is 1. The van der Waals surface area contributed by atoms with Gasteiger partial charge in [0.15, 0.2) is 0 Å². The van der Waals surface area contributed by atoms with E-state index in [9.17, 15) is 4.79 Å². The Hall–Kier alpha value is -0.850. The molecule has 0 amide bonds. The topological polar surface area (TPSA) is 17.1 Å². The second-order valence-electron chi connectivity index (χ2n) is 9.61. The first kappa shape index (κ1) is 30.1. The molecule has 0 unspecified atom stereocenters. The quantitative estimate of drug-likeness (QED) is 0.0641. The number of carbonyl (C=O) groups is 1. The highest BCUT2D eigenvalue weighted by Crippen LogP contribution is 2.16. The maximum absolute atomic E-state index is 11.4. The second-order valence-corrected chi connectivity index (χ2v) is 9.61. The van der Waals surface area contributed by atoms with Gasteiger partial charge in [0, 0.05) is 5.57 Å². The first-order valence-electron chi connectivity index (χ1n) is 14.1. The van der Waals surface area contributed by atoms with Crippen molar-refractivity contribution in [1.29, 1.82) is 0 Å². The van der Waals surface area contributed by atoms with E-state index in [0.717, 1.165) is 24.7 Å². The SMILES string of the molecule is CCCCCCCCCC/C=C(C)/C(C=O)=C\CCCCCCCCCCCCCC. The van der Waals surface area contributed by atoms with Crippen LogP contribution in [0.1, 0.15) is 162 Å². The summed E-state index contributed by atoms with van der Waals surface area (Å²) in [6, 6.07) is 0. The van der Waals surface area contributed by atoms with E-state index in [1.165, 1.54) is 134 Å². The van der Waals surface area contributed by atoms with Crippen molar-refractivity contribution in [2.45, 2.75) is 162 Å². The predicted octanol–water partition coefficient (Wildman–Crippen LogP) is 10.7. The highest BCUT2D eigenvalue weighted by molar-refractivity contribution is 5.79. The Labute approximate surface area is 196 Å². The van der Waals surface area contributed by atoms with Crippen molar-refractivity contribution >= 4 is 6.29 Å². The molecule has 0 aromatic rings. The van der Waals surface area contributed by atoms with Crippen LogP contribution in [0.5, 0.6) is 0 Å². The van der Waals surface area contributed by atoms with Gasteiger partial charge in [-0.1, -0.05) is 142 Å². The molecule has 0 rings (SSSR count). The van der Waals surface area contributed by atoms with Gasteiger partial charge in [0.25, 0.3) is 0 Å². The van der Waals surface area contributed by atoms with Crippen molar-refractivity contribution in [2.24, 2.45) is 0 Å². The van der Waals surface area contributed by atoms with E-state index in [-0.39, 0.29) is 0 Å². The molecule has 0 aliphatic heterocycles. The lowest BCUT2D eigenvalue weighted by Gasteiger charge is -2.04. The van der Waals surface area contributed by atoms with Gasteiger partial charge in [0.05, 0.1) is 0 Å². The molecule has 0 aromatic heterocycles. The zero-order chi connectivity index (χ0) is 22.8. The zero-order valence-corrected chi connectivity index (χ0v) is 21.7. The number of allylic oxidation sites excluding steroid dienone is 4. The van der Waals surface area contributed by atoms with Crippen LogP contribution in [-0.2, 0) is 4.79 Å². The lowest BCUT2D eigenvalue weighted by atomic mass is 10.0. The summed E-state index contributed by atoms with van der Waals surface area (Å²) in [5, 5.41) is 0. The molecule has 0 spiro atoms. The van der Waals surface area contributed by atoms with Gasteiger partial charge in [-0.25, -0.2) is 0 Å². The van der Waals surface area contributed by atoms with Gasteiger partial charge in [0.1, 0.15) is 6.29 Å². The Morgan fingerprint density at radius 1 is 0.484 bits per heavy atom. The standard InChI is InChI=1S/C30H56O/c1-4-6-8-10-12-14-15-16-17-19-21-23-25-27-30(28-31)29(3)26-24-22-20-18-13-11-9-7-5-2/h26-28H,4-25H2,1-3H3/b29-26+,30-27-. The molecule has 0 heterocycles. The van der Waals surface area contributed by atoms with Crippen LogP contribution in [0.15, 0.2) is 23.3 Å². The van der Waals surface area contributed by atoms with Crippen molar-refractivity contribution < 1.29 is 4.79 Å². The van der Waals surface area contributed by atoms with Crippen molar-refractivity contribution in [2.75, 3.05) is 0 Å². The van der Waals surface area contributed by atoms with E-state index in [1.807, 2.05) is 0 Å². The first-order valence-corrected chi connectivity index (χ1v) is 14.1. The fourth-order valence-corrected chi connectivity index (χ4v) is 4.26. The summed E-state index contributed by atoms with van der Waals surface area (Å²) in [7, 11) is 0. The number of hydrogen-bond donors (Lipinski definition) is 0. The average Bonchev–Trinajstić information content (AvgIpc) is 2.78. The minimum atomic E-state index is 0.919. The molecule has 0 radical (unpaired) electrons. The highest BCUT2D eigenvalue weighted by Gasteiger charge is 1.99. The summed E-state index contributed by atoms with van der Waals surface area (Å²) in [4.78, 5) is 11.4. The minimum absolute atomic E-state index is 0.919. The second kappa shape index (κ2) is 25.4. The van der Waals surface area contributed by atoms with Gasteiger partial charge in [-0.05, 0) is 38.2 Å². The van der Waals surface area contributed by atoms with E-state index in [1.54, 1.807) is 0 Å². The third-order valence-corrected chi connectivity index (χ3v) is 6.51. The van der Waals surface area contributed by atoms with Crippen molar-refractivity contribution in [3.63, 3.8) is 0 Å². The van der Waals surface area contributed by atoms with E-state index < -0.39 is 0 Å². The third-order valence-electron chi connectivity index (χ3n) is 6.51. The van der Waals surface area contributed by atoms with Gasteiger partial charge in [-0.3, -0.25) is 4.79 Å². The Kier molecular flexibility index (Phi) is 24.7. The average molecular weight is 433 g/mol. The summed E-state index contributed by atoms with van der Waals surface area (Å²) >= 11 is 0. The van der Waals surface area contributed by atoms with Gasteiger partial charge in [-0.15, -0.1) is 0 Å². The zero-order valence-electron chi connectivity index (χ0n) is 21.7. The lowest BCUT2D eigenvalue weighted by Crippen LogP contribution is -1.89. The summed E-state index contributed by atoms with van der Waals surface area (Å²) in [5.74, 6) is 0. The Balaban J connectivity index is 3.65. The fraction of sp³-hybridized carbons (Fsp3) is 0.833. The predicted molar refractivity (Wildman–Crippen MR) is 141 cm³/mol. The van der Waals surface area contributed by atoms with Crippen molar-refractivity contribution in [3.8, 4) is 0 Å². The number of carbonyl (C=O) groups excluding carboxylic acids is 1. The van der Waals surface area contributed by atoms with Crippen LogP contribution >= 0.6 is 0 Å². The van der Waals surface area contributed by atoms with Crippen molar-refractivity contribution in [1.82, 2.24) is 0 Å². The van der Waals surface area contributed by atoms with Gasteiger partial charge in [0.2, 0.25) is 0 Å². The monoisotopic (exact) mass is 432 g/mol. The lowest BCUT2D eigenvalue weighted by molar-refractivity contribution is -0.104. The van der Waals surface area contributed by atoms with Crippen LogP contribution in [0.4, 0.5) is 0 Å². The summed E-state index contributed by atoms with van der Waals surface area (Å²) in [6.07, 6.45) is 35.1. The first-order chi connectivity index (χ1) is 15.3. The number of unbranched alkanes of at least 4 members (excludes halogenated alkanes) is 20. The van der Waals surface area contributed by atoms with Gasteiger partial charge >= 0.3 is 0 Å². The summed E-state index contributed by atoms with van der Waals surface area (Å²) in [6.45, 7) is 6.66. The fourth-order valence-electron chi connectivity index (χ4n) is 4.26. The Bertz CT molecular complexity index is 432. The largest absolute Gasteiger partial charge is 0.298 e. The molecular formula is C30H56O. The molecule has 0 aliphatic rings. The highest BCUT2D eigenvalue weighted by atomic mass is 16.1. The van der Waals surface area contributed by atoms with Crippen LogP contribution in [0, 0.1) is 0 Å². The Morgan fingerprint density at radius 2 is 0.806 bits per heavy atom. The molecule has 0 bridgehead atoms. The van der Waals surface area contributed by atoms with E-state index in [2.05, 4.69) is 32.9 Å². The van der Waals surface area contributed by atoms with E-state index >= 15 is 0 Å². The number of aldehydes is 1. The van der Waals surface area contributed by atoms with Crippen LogP contribution in [-0.4, -0.2) is 6.29 Å².